The standard InChI is InChI=1S/C32H36N2O4/c1-31(2,3)23-17-21(18-24(27(23)35)32(4,5)6)26-25-28(38-34(26)22-15-11-8-12-16-22)30(37)33(29(25)36)19-20-13-9-7-10-14-20/h7-18,25-26,28,35H,19H2,1-6H3/t25-,26-,28-/m0/s1. The van der Waals surface area contributed by atoms with Crippen LogP contribution in [0, 0.1) is 5.92 Å². The van der Waals surface area contributed by atoms with Gasteiger partial charge in [0.2, 0.25) is 5.91 Å². The van der Waals surface area contributed by atoms with Crippen molar-refractivity contribution < 1.29 is 19.5 Å². The number of likely N-dealkylation sites (tertiary alicyclic amines) is 1. The number of fused-ring (bicyclic) bond motifs is 1. The van der Waals surface area contributed by atoms with Crippen LogP contribution in [-0.4, -0.2) is 27.9 Å². The maximum absolute atomic E-state index is 13.9. The van der Waals surface area contributed by atoms with Crippen LogP contribution in [0.3, 0.4) is 0 Å². The zero-order valence-corrected chi connectivity index (χ0v) is 22.9. The number of imide groups is 1. The Bertz CT molecular complexity index is 1320. The molecule has 38 heavy (non-hydrogen) atoms. The van der Waals surface area contributed by atoms with Crippen molar-refractivity contribution >= 4 is 17.5 Å². The van der Waals surface area contributed by atoms with E-state index in [0.717, 1.165) is 27.9 Å². The Labute approximate surface area is 224 Å². The van der Waals surface area contributed by atoms with Gasteiger partial charge in [-0.3, -0.25) is 19.3 Å². The van der Waals surface area contributed by atoms with E-state index >= 15 is 0 Å². The fraction of sp³-hybridized carbons (Fsp3) is 0.375. The van der Waals surface area contributed by atoms with E-state index in [9.17, 15) is 14.7 Å². The number of carbonyl (C=O) groups excluding carboxylic acids is 2. The Hall–Kier alpha value is -3.64. The Morgan fingerprint density at radius 3 is 1.84 bits per heavy atom. The lowest BCUT2D eigenvalue weighted by Crippen LogP contribution is -2.37. The first-order chi connectivity index (χ1) is 17.9. The van der Waals surface area contributed by atoms with Crippen molar-refractivity contribution in [3.05, 3.63) is 95.1 Å². The van der Waals surface area contributed by atoms with Crippen LogP contribution in [0.1, 0.15) is 69.8 Å². The number of phenolic OH excluding ortho intramolecular Hbond substituents is 1. The number of benzene rings is 3. The molecule has 2 amide bonds. The number of nitrogens with zero attached hydrogens (tertiary/aromatic N) is 2. The highest BCUT2D eigenvalue weighted by Gasteiger charge is 2.60. The maximum Gasteiger partial charge on any atom is 0.262 e. The first-order valence-corrected chi connectivity index (χ1v) is 13.2. The van der Waals surface area contributed by atoms with E-state index in [1.165, 1.54) is 4.90 Å². The number of hydrogen-bond donors (Lipinski definition) is 1. The smallest absolute Gasteiger partial charge is 0.262 e. The van der Waals surface area contributed by atoms with Crippen LogP contribution in [0.5, 0.6) is 5.75 Å². The number of aromatic hydroxyl groups is 1. The van der Waals surface area contributed by atoms with Gasteiger partial charge in [-0.25, -0.2) is 5.06 Å². The van der Waals surface area contributed by atoms with Crippen LogP contribution < -0.4 is 5.06 Å². The molecule has 3 aromatic carbocycles. The van der Waals surface area contributed by atoms with E-state index in [0.29, 0.717) is 0 Å². The van der Waals surface area contributed by atoms with Gasteiger partial charge < -0.3 is 5.11 Å². The molecule has 0 bridgehead atoms. The molecule has 3 aromatic rings. The molecule has 0 radical (unpaired) electrons. The van der Waals surface area contributed by atoms with Crippen molar-refractivity contribution in [3.63, 3.8) is 0 Å². The molecule has 0 aromatic heterocycles. The predicted molar refractivity (Wildman–Crippen MR) is 148 cm³/mol. The summed E-state index contributed by atoms with van der Waals surface area (Å²) in [6, 6.07) is 22.5. The highest BCUT2D eigenvalue weighted by molar-refractivity contribution is 6.07. The maximum atomic E-state index is 13.9. The number of carbonyl (C=O) groups is 2. The fourth-order valence-electron chi connectivity index (χ4n) is 5.50. The Morgan fingerprint density at radius 1 is 0.789 bits per heavy atom. The summed E-state index contributed by atoms with van der Waals surface area (Å²) in [5, 5.41) is 13.0. The normalized spacial score (nSPS) is 21.8. The molecule has 6 nitrogen and oxygen atoms in total. The minimum atomic E-state index is -0.915. The summed E-state index contributed by atoms with van der Waals surface area (Å²) in [6.07, 6.45) is -0.915. The summed E-state index contributed by atoms with van der Waals surface area (Å²) < 4.78 is 0. The van der Waals surface area contributed by atoms with Crippen LogP contribution in [0.15, 0.2) is 72.8 Å². The van der Waals surface area contributed by atoms with Gasteiger partial charge in [-0.15, -0.1) is 0 Å². The molecule has 2 aliphatic heterocycles. The topological polar surface area (TPSA) is 70.1 Å². The van der Waals surface area contributed by atoms with Gasteiger partial charge in [0.05, 0.1) is 18.3 Å². The first kappa shape index (κ1) is 26.0. The molecule has 6 heteroatoms. The van der Waals surface area contributed by atoms with Crippen molar-refractivity contribution in [1.29, 1.82) is 0 Å². The second kappa shape index (κ2) is 9.28. The predicted octanol–water partition coefficient (Wildman–Crippen LogP) is 6.03. The highest BCUT2D eigenvalue weighted by atomic mass is 16.7. The molecular formula is C32H36N2O4. The van der Waals surface area contributed by atoms with Crippen molar-refractivity contribution in [2.75, 3.05) is 5.06 Å². The average molecular weight is 513 g/mol. The van der Waals surface area contributed by atoms with Crippen LogP contribution in [-0.2, 0) is 31.8 Å². The number of amides is 2. The number of hydrogen-bond acceptors (Lipinski definition) is 5. The average Bonchev–Trinajstić information content (AvgIpc) is 3.36. The molecule has 0 unspecified atom stereocenters. The molecule has 2 heterocycles. The third-order valence-electron chi connectivity index (χ3n) is 7.49. The first-order valence-electron chi connectivity index (χ1n) is 13.2. The number of phenols is 1. The molecule has 2 fully saturated rings. The Morgan fingerprint density at radius 2 is 1.32 bits per heavy atom. The molecule has 2 saturated heterocycles. The van der Waals surface area contributed by atoms with Gasteiger partial charge in [-0.2, -0.15) is 0 Å². The summed E-state index contributed by atoms with van der Waals surface area (Å²) in [7, 11) is 0. The highest BCUT2D eigenvalue weighted by Crippen LogP contribution is 2.49. The third-order valence-corrected chi connectivity index (χ3v) is 7.49. The Balaban J connectivity index is 1.65. The number of para-hydroxylation sites is 1. The minimum absolute atomic E-state index is 0.211. The van der Waals surface area contributed by atoms with E-state index in [-0.39, 0.29) is 34.9 Å². The molecule has 0 spiro atoms. The molecule has 5 rings (SSSR count). The zero-order valence-electron chi connectivity index (χ0n) is 22.9. The molecular weight excluding hydrogens is 476 g/mol. The van der Waals surface area contributed by atoms with Crippen LogP contribution in [0.25, 0.3) is 0 Å². The largest absolute Gasteiger partial charge is 0.507 e. The molecule has 0 aliphatic carbocycles. The van der Waals surface area contributed by atoms with Gasteiger partial charge in [0.1, 0.15) is 11.7 Å². The van der Waals surface area contributed by atoms with Crippen molar-refractivity contribution in [2.45, 2.75) is 71.1 Å². The van der Waals surface area contributed by atoms with E-state index in [2.05, 4.69) is 41.5 Å². The van der Waals surface area contributed by atoms with Gasteiger partial charge >= 0.3 is 0 Å². The molecule has 0 saturated carbocycles. The monoisotopic (exact) mass is 512 g/mol. The quantitative estimate of drug-likeness (QED) is 0.432. The lowest BCUT2D eigenvalue weighted by atomic mass is 9.76. The van der Waals surface area contributed by atoms with E-state index in [1.807, 2.05) is 72.8 Å². The summed E-state index contributed by atoms with van der Waals surface area (Å²) in [6.45, 7) is 12.6. The summed E-state index contributed by atoms with van der Waals surface area (Å²) >= 11 is 0. The second-order valence-corrected chi connectivity index (χ2v) is 12.4. The summed E-state index contributed by atoms with van der Waals surface area (Å²) in [5.41, 5.74) is 3.42. The van der Waals surface area contributed by atoms with Gasteiger partial charge in [-0.05, 0) is 57.3 Å². The summed E-state index contributed by atoms with van der Waals surface area (Å²) in [4.78, 5) is 35.2. The van der Waals surface area contributed by atoms with Gasteiger partial charge in [-0.1, -0.05) is 90.1 Å². The van der Waals surface area contributed by atoms with Crippen molar-refractivity contribution in [1.82, 2.24) is 4.90 Å². The zero-order chi connectivity index (χ0) is 27.4. The molecule has 3 atom stereocenters. The van der Waals surface area contributed by atoms with E-state index < -0.39 is 18.1 Å². The Kier molecular flexibility index (Phi) is 6.35. The minimum Gasteiger partial charge on any atom is -0.507 e. The third kappa shape index (κ3) is 4.47. The molecule has 1 N–H and O–H groups in total. The van der Waals surface area contributed by atoms with E-state index in [1.54, 1.807) is 5.06 Å². The van der Waals surface area contributed by atoms with E-state index in [4.69, 9.17) is 4.84 Å². The van der Waals surface area contributed by atoms with Crippen molar-refractivity contribution in [3.8, 4) is 5.75 Å². The van der Waals surface area contributed by atoms with Crippen molar-refractivity contribution in [2.24, 2.45) is 5.92 Å². The second-order valence-electron chi connectivity index (χ2n) is 12.4. The van der Waals surface area contributed by atoms with Crippen LogP contribution >= 0.6 is 0 Å². The van der Waals surface area contributed by atoms with Gasteiger partial charge in [0, 0.05) is 0 Å². The number of hydroxylamine groups is 1. The lowest BCUT2D eigenvalue weighted by molar-refractivity contribution is -0.143. The van der Waals surface area contributed by atoms with Crippen LogP contribution in [0.2, 0.25) is 0 Å². The van der Waals surface area contributed by atoms with Gasteiger partial charge in [0.25, 0.3) is 5.91 Å². The SMILES string of the molecule is CC(C)(C)c1cc([C@H]2[C@@H]3C(=O)N(Cc4ccccc4)C(=O)[C@H]3ON2c2ccccc2)cc(C(C)(C)C)c1O. The van der Waals surface area contributed by atoms with Crippen LogP contribution in [0.4, 0.5) is 5.69 Å². The number of rotatable bonds is 4. The fourth-order valence-corrected chi connectivity index (χ4v) is 5.50. The lowest BCUT2D eigenvalue weighted by Gasteiger charge is -2.33. The summed E-state index contributed by atoms with van der Waals surface area (Å²) in [5.74, 6) is -1.00. The van der Waals surface area contributed by atoms with Gasteiger partial charge in [0.15, 0.2) is 6.10 Å². The molecule has 2 aliphatic rings. The molecule has 198 valence electrons. The number of anilines is 1.